The van der Waals surface area contributed by atoms with Gasteiger partial charge >= 0.3 is 5.97 Å². The predicted molar refractivity (Wildman–Crippen MR) is 100.0 cm³/mol. The Labute approximate surface area is 148 Å². The molecule has 0 radical (unpaired) electrons. The van der Waals surface area contributed by atoms with Crippen molar-refractivity contribution < 1.29 is 14.6 Å². The van der Waals surface area contributed by atoms with Crippen molar-refractivity contribution in [1.29, 1.82) is 0 Å². The van der Waals surface area contributed by atoms with Crippen LogP contribution in [0.15, 0.2) is 11.6 Å². The van der Waals surface area contributed by atoms with E-state index < -0.39 is 12.2 Å². The summed E-state index contributed by atoms with van der Waals surface area (Å²) >= 11 is 0. The molecule has 0 spiro atoms. The lowest BCUT2D eigenvalue weighted by Gasteiger charge is -2.05. The van der Waals surface area contributed by atoms with E-state index in [1.807, 2.05) is 6.08 Å². The van der Waals surface area contributed by atoms with Crippen LogP contribution in [-0.2, 0) is 9.53 Å². The molecule has 0 bridgehead atoms. The zero-order valence-electron chi connectivity index (χ0n) is 15.9. The third kappa shape index (κ3) is 8.86. The molecule has 140 valence electrons. The molecule has 0 aromatic rings. The van der Waals surface area contributed by atoms with Crippen molar-refractivity contribution in [1.82, 2.24) is 0 Å². The fourth-order valence-corrected chi connectivity index (χ4v) is 3.30. The van der Waals surface area contributed by atoms with E-state index in [4.69, 9.17) is 4.74 Å². The highest BCUT2D eigenvalue weighted by Gasteiger charge is 2.34. The molecule has 1 aliphatic heterocycles. The van der Waals surface area contributed by atoms with E-state index in [9.17, 15) is 9.90 Å². The quantitative estimate of drug-likeness (QED) is 0.251. The SMILES string of the molecule is CCCCCCCCCCCCCCC/C=C1\C(=O)O[C@@H](C)[C@@H]1O. The maximum Gasteiger partial charge on any atom is 0.336 e. The number of aliphatic hydroxyl groups is 1. The number of aliphatic hydroxyl groups excluding tert-OH is 1. The van der Waals surface area contributed by atoms with Gasteiger partial charge < -0.3 is 9.84 Å². The molecule has 1 N–H and O–H groups in total. The van der Waals surface area contributed by atoms with Crippen LogP contribution in [0.1, 0.15) is 104 Å². The predicted octanol–water partition coefficient (Wildman–Crippen LogP) is 5.70. The van der Waals surface area contributed by atoms with Gasteiger partial charge in [0, 0.05) is 0 Å². The molecule has 0 saturated carbocycles. The van der Waals surface area contributed by atoms with Gasteiger partial charge in [0.25, 0.3) is 0 Å². The Hall–Kier alpha value is -0.830. The lowest BCUT2D eigenvalue weighted by molar-refractivity contribution is -0.138. The molecule has 24 heavy (non-hydrogen) atoms. The van der Waals surface area contributed by atoms with Crippen LogP contribution in [0.3, 0.4) is 0 Å². The van der Waals surface area contributed by atoms with Gasteiger partial charge in [-0.2, -0.15) is 0 Å². The summed E-state index contributed by atoms with van der Waals surface area (Å²) in [6, 6.07) is 0. The van der Waals surface area contributed by atoms with E-state index in [0.717, 1.165) is 12.8 Å². The van der Waals surface area contributed by atoms with Crippen LogP contribution in [0.4, 0.5) is 0 Å². The first-order valence-electron chi connectivity index (χ1n) is 10.3. The maximum absolute atomic E-state index is 11.5. The van der Waals surface area contributed by atoms with Crippen molar-refractivity contribution in [2.45, 2.75) is 116 Å². The fourth-order valence-electron chi connectivity index (χ4n) is 3.30. The molecule has 1 saturated heterocycles. The van der Waals surface area contributed by atoms with Crippen LogP contribution < -0.4 is 0 Å². The summed E-state index contributed by atoms with van der Waals surface area (Å²) in [5.74, 6) is -0.343. The second-order valence-electron chi connectivity index (χ2n) is 7.25. The fraction of sp³-hybridized carbons (Fsp3) is 0.857. The minimum atomic E-state index is -0.737. The highest BCUT2D eigenvalue weighted by molar-refractivity contribution is 5.92. The van der Waals surface area contributed by atoms with E-state index in [1.54, 1.807) is 6.92 Å². The number of ether oxygens (including phenoxy) is 1. The molecule has 1 rings (SSSR count). The Morgan fingerprint density at radius 3 is 1.75 bits per heavy atom. The van der Waals surface area contributed by atoms with Crippen molar-refractivity contribution in [3.63, 3.8) is 0 Å². The molecule has 0 amide bonds. The number of cyclic esters (lactones) is 1. The molecular formula is C21H38O3. The monoisotopic (exact) mass is 338 g/mol. The van der Waals surface area contributed by atoms with E-state index in [1.165, 1.54) is 77.0 Å². The second-order valence-corrected chi connectivity index (χ2v) is 7.25. The van der Waals surface area contributed by atoms with Gasteiger partial charge in [0.1, 0.15) is 12.2 Å². The number of rotatable bonds is 14. The summed E-state index contributed by atoms with van der Waals surface area (Å²) in [5.41, 5.74) is 0.460. The molecule has 1 heterocycles. The molecule has 0 unspecified atom stereocenters. The number of allylic oxidation sites excluding steroid dienone is 1. The molecular weight excluding hydrogens is 300 g/mol. The Bertz CT molecular complexity index is 362. The zero-order chi connectivity index (χ0) is 17.6. The van der Waals surface area contributed by atoms with Crippen LogP contribution in [0.25, 0.3) is 0 Å². The first-order chi connectivity index (χ1) is 11.7. The third-order valence-electron chi connectivity index (χ3n) is 4.96. The summed E-state index contributed by atoms with van der Waals surface area (Å²) in [7, 11) is 0. The van der Waals surface area contributed by atoms with Crippen LogP contribution in [0.2, 0.25) is 0 Å². The summed E-state index contributed by atoms with van der Waals surface area (Å²) in [5, 5.41) is 9.82. The van der Waals surface area contributed by atoms with Crippen LogP contribution >= 0.6 is 0 Å². The number of hydrogen-bond acceptors (Lipinski definition) is 3. The van der Waals surface area contributed by atoms with Crippen molar-refractivity contribution in [2.24, 2.45) is 0 Å². The minimum Gasteiger partial charge on any atom is -0.456 e. The normalized spacial score (nSPS) is 22.3. The van der Waals surface area contributed by atoms with Crippen molar-refractivity contribution in [2.75, 3.05) is 0 Å². The molecule has 0 aromatic heterocycles. The Morgan fingerprint density at radius 2 is 1.33 bits per heavy atom. The Balaban J connectivity index is 1.87. The van der Waals surface area contributed by atoms with E-state index >= 15 is 0 Å². The first kappa shape index (κ1) is 21.2. The largest absolute Gasteiger partial charge is 0.456 e. The number of carbonyl (C=O) groups excluding carboxylic acids is 1. The number of esters is 1. The van der Waals surface area contributed by atoms with Gasteiger partial charge in [-0.1, -0.05) is 90.0 Å². The maximum atomic E-state index is 11.5. The molecule has 1 aliphatic rings. The van der Waals surface area contributed by atoms with Crippen LogP contribution in [0.5, 0.6) is 0 Å². The molecule has 3 nitrogen and oxygen atoms in total. The average molecular weight is 339 g/mol. The second kappa shape index (κ2) is 13.5. The lowest BCUT2D eigenvalue weighted by Crippen LogP contribution is -2.17. The van der Waals surface area contributed by atoms with Gasteiger partial charge in [-0.25, -0.2) is 4.79 Å². The molecule has 0 aromatic carbocycles. The molecule has 3 heteroatoms. The first-order valence-corrected chi connectivity index (χ1v) is 10.3. The number of hydrogen-bond donors (Lipinski definition) is 1. The van der Waals surface area contributed by atoms with Gasteiger partial charge in [0.05, 0.1) is 5.57 Å². The van der Waals surface area contributed by atoms with E-state index in [2.05, 4.69) is 6.92 Å². The average Bonchev–Trinajstić information content (AvgIpc) is 2.81. The standard InChI is InChI=1S/C21H38O3/c1-3-4-5-6-7-8-9-10-11-12-13-14-15-16-17-19-20(22)18(2)24-21(19)23/h17-18,20,22H,3-16H2,1-2H3/b19-17-/t18-,20-/m0/s1. The lowest BCUT2D eigenvalue weighted by atomic mass is 10.0. The summed E-state index contributed by atoms with van der Waals surface area (Å²) in [4.78, 5) is 11.5. The molecule has 1 fully saturated rings. The summed E-state index contributed by atoms with van der Waals surface area (Å²) in [6.07, 6.45) is 19.1. The third-order valence-corrected chi connectivity index (χ3v) is 4.96. The minimum absolute atomic E-state index is 0.343. The van der Waals surface area contributed by atoms with E-state index in [0.29, 0.717) is 5.57 Å². The number of unbranched alkanes of at least 4 members (excludes halogenated alkanes) is 13. The Kier molecular flexibility index (Phi) is 11.9. The van der Waals surface area contributed by atoms with Crippen LogP contribution in [0, 0.1) is 0 Å². The van der Waals surface area contributed by atoms with Gasteiger partial charge in [-0.05, 0) is 19.8 Å². The summed E-state index contributed by atoms with van der Waals surface area (Å²) in [6.45, 7) is 4.00. The van der Waals surface area contributed by atoms with Crippen molar-refractivity contribution in [3.05, 3.63) is 11.6 Å². The smallest absolute Gasteiger partial charge is 0.336 e. The summed E-state index contributed by atoms with van der Waals surface area (Å²) < 4.78 is 5.00. The van der Waals surface area contributed by atoms with Crippen molar-refractivity contribution in [3.8, 4) is 0 Å². The van der Waals surface area contributed by atoms with Gasteiger partial charge in [0.15, 0.2) is 0 Å². The highest BCUT2D eigenvalue weighted by atomic mass is 16.6. The topological polar surface area (TPSA) is 46.5 Å². The van der Waals surface area contributed by atoms with E-state index in [-0.39, 0.29) is 5.97 Å². The highest BCUT2D eigenvalue weighted by Crippen LogP contribution is 2.22. The van der Waals surface area contributed by atoms with Crippen molar-refractivity contribution >= 4 is 5.97 Å². The molecule has 2 atom stereocenters. The van der Waals surface area contributed by atoms with Gasteiger partial charge in [0.2, 0.25) is 0 Å². The molecule has 0 aliphatic carbocycles. The van der Waals surface area contributed by atoms with Gasteiger partial charge in [-0.15, -0.1) is 0 Å². The number of carbonyl (C=O) groups is 1. The zero-order valence-corrected chi connectivity index (χ0v) is 15.9. The van der Waals surface area contributed by atoms with Gasteiger partial charge in [-0.3, -0.25) is 0 Å². The van der Waals surface area contributed by atoms with Crippen LogP contribution in [-0.4, -0.2) is 23.3 Å². The Morgan fingerprint density at radius 1 is 0.875 bits per heavy atom.